The SMILES string of the molecule is O=S(=O)(CCl)NC1CCCOC1. The minimum atomic E-state index is -3.28. The van der Waals surface area contributed by atoms with Crippen LogP contribution in [0.15, 0.2) is 0 Å². The summed E-state index contributed by atoms with van der Waals surface area (Å²) in [5.41, 5.74) is 0. The molecule has 1 rings (SSSR count). The van der Waals surface area contributed by atoms with E-state index in [1.54, 1.807) is 0 Å². The van der Waals surface area contributed by atoms with Crippen LogP contribution >= 0.6 is 11.6 Å². The minimum Gasteiger partial charge on any atom is -0.380 e. The number of hydrogen-bond acceptors (Lipinski definition) is 3. The molecule has 1 unspecified atom stereocenters. The van der Waals surface area contributed by atoms with E-state index in [1.807, 2.05) is 0 Å². The second kappa shape index (κ2) is 4.41. The van der Waals surface area contributed by atoms with Crippen molar-refractivity contribution in [3.8, 4) is 0 Å². The average Bonchev–Trinajstić information content (AvgIpc) is 2.06. The molecule has 1 aliphatic rings. The van der Waals surface area contributed by atoms with Crippen LogP contribution in [0.4, 0.5) is 0 Å². The molecule has 0 aromatic carbocycles. The average molecular weight is 214 g/mol. The highest BCUT2D eigenvalue weighted by molar-refractivity contribution is 7.90. The van der Waals surface area contributed by atoms with Gasteiger partial charge in [0.1, 0.15) is 5.21 Å². The van der Waals surface area contributed by atoms with Crippen molar-refractivity contribution < 1.29 is 13.2 Å². The topological polar surface area (TPSA) is 55.4 Å². The lowest BCUT2D eigenvalue weighted by molar-refractivity contribution is 0.0774. The third-order valence-corrected chi connectivity index (χ3v) is 3.49. The van der Waals surface area contributed by atoms with Crippen molar-refractivity contribution in [2.75, 3.05) is 18.4 Å². The second-order valence-electron chi connectivity index (χ2n) is 2.76. The molecule has 6 heteroatoms. The fourth-order valence-corrected chi connectivity index (χ4v) is 2.06. The zero-order valence-electron chi connectivity index (χ0n) is 6.62. The van der Waals surface area contributed by atoms with Gasteiger partial charge in [-0.3, -0.25) is 0 Å². The molecule has 0 aromatic heterocycles. The van der Waals surface area contributed by atoms with Gasteiger partial charge in [0.05, 0.1) is 6.61 Å². The maximum absolute atomic E-state index is 11.0. The van der Waals surface area contributed by atoms with E-state index in [0.717, 1.165) is 19.4 Å². The van der Waals surface area contributed by atoms with Gasteiger partial charge < -0.3 is 4.74 Å². The maximum Gasteiger partial charge on any atom is 0.225 e. The van der Waals surface area contributed by atoms with E-state index in [9.17, 15) is 8.42 Å². The van der Waals surface area contributed by atoms with Crippen LogP contribution in [0.3, 0.4) is 0 Å². The van der Waals surface area contributed by atoms with Gasteiger partial charge in [-0.05, 0) is 12.8 Å². The van der Waals surface area contributed by atoms with E-state index in [-0.39, 0.29) is 11.3 Å². The first-order chi connectivity index (χ1) is 5.64. The summed E-state index contributed by atoms with van der Waals surface area (Å²) in [6, 6.07) is -0.0949. The largest absolute Gasteiger partial charge is 0.380 e. The summed E-state index contributed by atoms with van der Waals surface area (Å²) in [6.45, 7) is 1.18. The molecule has 1 aliphatic heterocycles. The van der Waals surface area contributed by atoms with Crippen LogP contribution in [0.2, 0.25) is 0 Å². The van der Waals surface area contributed by atoms with Crippen molar-refractivity contribution in [1.82, 2.24) is 4.72 Å². The molecule has 1 atom stereocenters. The Labute approximate surface area is 77.3 Å². The van der Waals surface area contributed by atoms with Crippen molar-refractivity contribution in [1.29, 1.82) is 0 Å². The zero-order valence-corrected chi connectivity index (χ0v) is 8.20. The molecule has 0 radical (unpaired) electrons. The molecule has 0 aliphatic carbocycles. The Morgan fingerprint density at radius 3 is 2.83 bits per heavy atom. The lowest BCUT2D eigenvalue weighted by atomic mass is 10.1. The Morgan fingerprint density at radius 2 is 2.33 bits per heavy atom. The summed E-state index contributed by atoms with van der Waals surface area (Å²) in [7, 11) is -3.28. The van der Waals surface area contributed by atoms with Crippen LogP contribution in [0.1, 0.15) is 12.8 Å². The molecule has 1 saturated heterocycles. The van der Waals surface area contributed by atoms with Crippen molar-refractivity contribution >= 4 is 21.6 Å². The highest BCUT2D eigenvalue weighted by Gasteiger charge is 2.19. The molecule has 0 spiro atoms. The van der Waals surface area contributed by atoms with Crippen molar-refractivity contribution in [2.24, 2.45) is 0 Å². The van der Waals surface area contributed by atoms with Gasteiger partial charge in [-0.2, -0.15) is 0 Å². The number of ether oxygens (including phenoxy) is 1. The van der Waals surface area contributed by atoms with Crippen LogP contribution < -0.4 is 4.72 Å². The highest BCUT2D eigenvalue weighted by atomic mass is 35.5. The van der Waals surface area contributed by atoms with Gasteiger partial charge in [0.25, 0.3) is 0 Å². The standard InChI is InChI=1S/C6H12ClNO3S/c7-5-12(9,10)8-6-2-1-3-11-4-6/h6,8H,1-5H2. The van der Waals surface area contributed by atoms with Gasteiger partial charge in [0, 0.05) is 12.6 Å². The number of sulfonamides is 1. The fourth-order valence-electron chi connectivity index (χ4n) is 1.12. The molecule has 0 bridgehead atoms. The van der Waals surface area contributed by atoms with E-state index in [4.69, 9.17) is 16.3 Å². The van der Waals surface area contributed by atoms with E-state index in [2.05, 4.69) is 4.72 Å². The highest BCUT2D eigenvalue weighted by Crippen LogP contribution is 2.07. The molecule has 1 heterocycles. The molecular weight excluding hydrogens is 202 g/mol. The van der Waals surface area contributed by atoms with Crippen molar-refractivity contribution in [3.05, 3.63) is 0 Å². The van der Waals surface area contributed by atoms with Crippen LogP contribution in [-0.2, 0) is 14.8 Å². The Morgan fingerprint density at radius 1 is 1.58 bits per heavy atom. The van der Waals surface area contributed by atoms with Crippen LogP contribution in [-0.4, -0.2) is 32.9 Å². The zero-order chi connectivity index (χ0) is 9.03. The summed E-state index contributed by atoms with van der Waals surface area (Å²) in [6.07, 6.45) is 1.73. The molecular formula is C6H12ClNO3S. The lowest BCUT2D eigenvalue weighted by Crippen LogP contribution is -2.40. The molecule has 1 fully saturated rings. The maximum atomic E-state index is 11.0. The Balaban J connectivity index is 2.39. The Bertz CT molecular complexity index is 223. The van der Waals surface area contributed by atoms with Gasteiger partial charge >= 0.3 is 0 Å². The number of nitrogens with one attached hydrogen (secondary N) is 1. The Kier molecular flexibility index (Phi) is 3.77. The number of rotatable bonds is 3. The first-order valence-electron chi connectivity index (χ1n) is 3.78. The number of halogens is 1. The number of hydrogen-bond donors (Lipinski definition) is 1. The van der Waals surface area contributed by atoms with E-state index in [1.165, 1.54) is 0 Å². The van der Waals surface area contributed by atoms with Gasteiger partial charge in [-0.1, -0.05) is 0 Å². The Hall–Kier alpha value is 0.160. The fraction of sp³-hybridized carbons (Fsp3) is 1.00. The van der Waals surface area contributed by atoms with Crippen LogP contribution in [0.25, 0.3) is 0 Å². The van der Waals surface area contributed by atoms with Crippen LogP contribution in [0, 0.1) is 0 Å². The minimum absolute atomic E-state index is 0.0949. The number of alkyl halides is 1. The molecule has 0 saturated carbocycles. The van der Waals surface area contributed by atoms with Gasteiger partial charge in [-0.25, -0.2) is 13.1 Å². The van der Waals surface area contributed by atoms with Gasteiger partial charge in [0.15, 0.2) is 0 Å². The van der Waals surface area contributed by atoms with E-state index < -0.39 is 10.0 Å². The quantitative estimate of drug-likeness (QED) is 0.686. The summed E-state index contributed by atoms with van der Waals surface area (Å²) in [5, 5.41) is -0.385. The first kappa shape index (κ1) is 10.2. The predicted molar refractivity (Wildman–Crippen MR) is 46.6 cm³/mol. The summed E-state index contributed by atoms with van der Waals surface area (Å²) in [5.74, 6) is 0. The smallest absolute Gasteiger partial charge is 0.225 e. The lowest BCUT2D eigenvalue weighted by Gasteiger charge is -2.22. The molecule has 0 aromatic rings. The summed E-state index contributed by atoms with van der Waals surface area (Å²) < 4.78 is 29.5. The molecule has 4 nitrogen and oxygen atoms in total. The normalized spacial score (nSPS) is 25.6. The molecule has 0 amide bonds. The first-order valence-corrected chi connectivity index (χ1v) is 5.96. The molecule has 72 valence electrons. The van der Waals surface area contributed by atoms with Gasteiger partial charge in [0.2, 0.25) is 10.0 Å². The third kappa shape index (κ3) is 3.26. The summed E-state index contributed by atoms with van der Waals surface area (Å²) in [4.78, 5) is 0. The van der Waals surface area contributed by atoms with Crippen molar-refractivity contribution in [2.45, 2.75) is 18.9 Å². The van der Waals surface area contributed by atoms with Crippen LogP contribution in [0.5, 0.6) is 0 Å². The second-order valence-corrected chi connectivity index (χ2v) is 5.09. The molecule has 12 heavy (non-hydrogen) atoms. The van der Waals surface area contributed by atoms with Gasteiger partial charge in [-0.15, -0.1) is 11.6 Å². The van der Waals surface area contributed by atoms with Crippen molar-refractivity contribution in [3.63, 3.8) is 0 Å². The molecule has 1 N–H and O–H groups in total. The predicted octanol–water partition coefficient (Wildman–Crippen LogP) is 0.281. The summed E-state index contributed by atoms with van der Waals surface area (Å²) >= 11 is 5.22. The van der Waals surface area contributed by atoms with E-state index in [0.29, 0.717) is 6.61 Å². The monoisotopic (exact) mass is 213 g/mol. The van der Waals surface area contributed by atoms with E-state index >= 15 is 0 Å². The third-order valence-electron chi connectivity index (χ3n) is 1.65.